The van der Waals surface area contributed by atoms with Gasteiger partial charge in [0.25, 0.3) is 5.91 Å². The maximum absolute atomic E-state index is 12.8. The molecule has 0 bridgehead atoms. The second-order valence-electron chi connectivity index (χ2n) is 6.15. The van der Waals surface area contributed by atoms with Crippen molar-refractivity contribution in [3.8, 4) is 0 Å². The van der Waals surface area contributed by atoms with Crippen LogP contribution >= 0.6 is 11.6 Å². The van der Waals surface area contributed by atoms with Crippen LogP contribution in [0.15, 0.2) is 47.5 Å². The van der Waals surface area contributed by atoms with Crippen LogP contribution in [-0.2, 0) is 13.6 Å². The normalized spacial score (nSPS) is 10.9. The van der Waals surface area contributed by atoms with Crippen molar-refractivity contribution in [1.82, 2.24) is 14.5 Å². The number of nitrogens with zero attached hydrogens (tertiary/aromatic N) is 3. The summed E-state index contributed by atoms with van der Waals surface area (Å²) in [7, 11) is 3.49. The van der Waals surface area contributed by atoms with Crippen LogP contribution in [0.3, 0.4) is 0 Å². The highest BCUT2D eigenvalue weighted by molar-refractivity contribution is 6.29. The molecule has 1 aromatic carbocycles. The summed E-state index contributed by atoms with van der Waals surface area (Å²) in [5.74, 6) is -0.320. The van der Waals surface area contributed by atoms with Crippen LogP contribution in [0.2, 0.25) is 5.15 Å². The molecule has 0 aliphatic rings. The zero-order chi connectivity index (χ0) is 18.1. The van der Waals surface area contributed by atoms with Crippen molar-refractivity contribution in [3.05, 3.63) is 74.8 Å². The minimum absolute atomic E-state index is 0.157. The first-order valence-electron chi connectivity index (χ1n) is 7.82. The molecule has 128 valence electrons. The van der Waals surface area contributed by atoms with Crippen molar-refractivity contribution in [1.29, 1.82) is 0 Å². The van der Waals surface area contributed by atoms with Gasteiger partial charge < -0.3 is 9.47 Å². The SMILES string of the molecule is Cc1ccc2c(c1)c(=O)c(C(=O)N(C)Cc1ccc(Cl)nc1)cn2C. The molecule has 0 radical (unpaired) electrons. The van der Waals surface area contributed by atoms with E-state index in [1.807, 2.05) is 32.2 Å². The Hall–Kier alpha value is -2.66. The van der Waals surface area contributed by atoms with Gasteiger partial charge in [0.1, 0.15) is 10.7 Å². The fraction of sp³-hybridized carbons (Fsp3) is 0.211. The standard InChI is InChI=1S/C19H18ClN3O2/c1-12-4-6-16-14(8-12)18(24)15(11-22(16)2)19(25)23(3)10-13-5-7-17(20)21-9-13/h4-9,11H,10H2,1-3H3. The molecule has 3 rings (SSSR count). The first-order chi connectivity index (χ1) is 11.9. The molecule has 0 fully saturated rings. The molecule has 2 aromatic heterocycles. The lowest BCUT2D eigenvalue weighted by atomic mass is 10.1. The molecular weight excluding hydrogens is 338 g/mol. The van der Waals surface area contributed by atoms with Gasteiger partial charge in [-0.05, 0) is 30.7 Å². The van der Waals surface area contributed by atoms with E-state index >= 15 is 0 Å². The summed E-state index contributed by atoms with van der Waals surface area (Å²) < 4.78 is 1.81. The topological polar surface area (TPSA) is 55.2 Å². The first kappa shape index (κ1) is 17.2. The van der Waals surface area contributed by atoms with E-state index in [9.17, 15) is 9.59 Å². The highest BCUT2D eigenvalue weighted by Crippen LogP contribution is 2.15. The van der Waals surface area contributed by atoms with Gasteiger partial charge in [-0.1, -0.05) is 29.3 Å². The van der Waals surface area contributed by atoms with E-state index in [0.717, 1.165) is 16.6 Å². The summed E-state index contributed by atoms with van der Waals surface area (Å²) in [6, 6.07) is 9.14. The van der Waals surface area contributed by atoms with Gasteiger partial charge in [0, 0.05) is 38.4 Å². The number of carbonyl (C=O) groups excluding carboxylic acids is 1. The van der Waals surface area contributed by atoms with Crippen LogP contribution < -0.4 is 5.43 Å². The molecular formula is C19H18ClN3O2. The number of amides is 1. The number of pyridine rings is 2. The van der Waals surface area contributed by atoms with Crippen LogP contribution in [0.25, 0.3) is 10.9 Å². The summed E-state index contributed by atoms with van der Waals surface area (Å²) >= 11 is 5.78. The third kappa shape index (κ3) is 3.42. The highest BCUT2D eigenvalue weighted by atomic mass is 35.5. The molecule has 0 aliphatic carbocycles. The number of rotatable bonds is 3. The number of hydrogen-bond acceptors (Lipinski definition) is 3. The monoisotopic (exact) mass is 355 g/mol. The van der Waals surface area contributed by atoms with Crippen molar-refractivity contribution in [2.45, 2.75) is 13.5 Å². The van der Waals surface area contributed by atoms with E-state index in [-0.39, 0.29) is 16.9 Å². The number of benzene rings is 1. The summed E-state index contributed by atoms with van der Waals surface area (Å²) in [6.45, 7) is 2.27. The molecule has 0 atom stereocenters. The van der Waals surface area contributed by atoms with Crippen molar-refractivity contribution in [3.63, 3.8) is 0 Å². The Labute approximate surface area is 150 Å². The summed E-state index contributed by atoms with van der Waals surface area (Å²) in [6.07, 6.45) is 3.22. The quantitative estimate of drug-likeness (QED) is 0.678. The molecule has 25 heavy (non-hydrogen) atoms. The Bertz CT molecular complexity index is 1010. The minimum Gasteiger partial charge on any atom is -0.350 e. The zero-order valence-electron chi connectivity index (χ0n) is 14.3. The second kappa shape index (κ2) is 6.69. The van der Waals surface area contributed by atoms with Crippen LogP contribution in [0, 0.1) is 6.92 Å². The predicted octanol–water partition coefficient (Wildman–Crippen LogP) is 3.17. The minimum atomic E-state index is -0.320. The van der Waals surface area contributed by atoms with E-state index < -0.39 is 0 Å². The largest absolute Gasteiger partial charge is 0.350 e. The molecule has 5 nitrogen and oxygen atoms in total. The Balaban J connectivity index is 1.97. The summed E-state index contributed by atoms with van der Waals surface area (Å²) in [5, 5.41) is 0.950. The number of hydrogen-bond donors (Lipinski definition) is 0. The Morgan fingerprint density at radius 1 is 1.28 bits per heavy atom. The van der Waals surface area contributed by atoms with Gasteiger partial charge in [-0.2, -0.15) is 0 Å². The van der Waals surface area contributed by atoms with E-state index in [1.165, 1.54) is 4.90 Å². The zero-order valence-corrected chi connectivity index (χ0v) is 15.0. The predicted molar refractivity (Wildman–Crippen MR) is 99.0 cm³/mol. The van der Waals surface area contributed by atoms with E-state index in [2.05, 4.69) is 4.98 Å². The van der Waals surface area contributed by atoms with Gasteiger partial charge in [-0.25, -0.2) is 4.98 Å². The van der Waals surface area contributed by atoms with E-state index in [4.69, 9.17) is 11.6 Å². The average Bonchev–Trinajstić information content (AvgIpc) is 2.59. The molecule has 0 unspecified atom stereocenters. The lowest BCUT2D eigenvalue weighted by molar-refractivity contribution is 0.0783. The molecule has 0 saturated heterocycles. The van der Waals surface area contributed by atoms with Gasteiger partial charge in [-0.15, -0.1) is 0 Å². The Morgan fingerprint density at radius 3 is 2.72 bits per heavy atom. The molecule has 0 aliphatic heterocycles. The van der Waals surface area contributed by atoms with Gasteiger partial charge in [0.15, 0.2) is 0 Å². The molecule has 3 aromatic rings. The summed E-state index contributed by atoms with van der Waals surface area (Å²) in [4.78, 5) is 31.1. The fourth-order valence-corrected chi connectivity index (χ4v) is 2.92. The van der Waals surface area contributed by atoms with Crippen molar-refractivity contribution in [2.24, 2.45) is 7.05 Å². The van der Waals surface area contributed by atoms with Crippen LogP contribution in [0.1, 0.15) is 21.5 Å². The molecule has 6 heteroatoms. The van der Waals surface area contributed by atoms with Gasteiger partial charge in [0.05, 0.1) is 5.52 Å². The lowest BCUT2D eigenvalue weighted by Crippen LogP contribution is -2.31. The van der Waals surface area contributed by atoms with Gasteiger partial charge in [-0.3, -0.25) is 9.59 Å². The molecule has 2 heterocycles. The summed E-state index contributed by atoms with van der Waals surface area (Å²) in [5.41, 5.74) is 2.54. The molecule has 0 saturated carbocycles. The molecule has 0 N–H and O–H groups in total. The highest BCUT2D eigenvalue weighted by Gasteiger charge is 2.18. The number of aromatic nitrogens is 2. The fourth-order valence-electron chi connectivity index (χ4n) is 2.81. The van der Waals surface area contributed by atoms with Crippen LogP contribution in [0.4, 0.5) is 0 Å². The second-order valence-corrected chi connectivity index (χ2v) is 6.54. The molecule has 0 spiro atoms. The van der Waals surface area contributed by atoms with Gasteiger partial charge >= 0.3 is 0 Å². The number of aryl methyl sites for hydroxylation is 2. The Morgan fingerprint density at radius 2 is 2.04 bits per heavy atom. The Kier molecular flexibility index (Phi) is 4.59. The number of fused-ring (bicyclic) bond motifs is 1. The number of halogens is 1. The van der Waals surface area contributed by atoms with Crippen molar-refractivity contribution >= 4 is 28.4 Å². The third-order valence-electron chi connectivity index (χ3n) is 4.13. The van der Waals surface area contributed by atoms with Gasteiger partial charge in [0.2, 0.25) is 5.43 Å². The third-order valence-corrected chi connectivity index (χ3v) is 4.35. The maximum Gasteiger partial charge on any atom is 0.259 e. The van der Waals surface area contributed by atoms with Crippen LogP contribution in [-0.4, -0.2) is 27.4 Å². The molecule has 1 amide bonds. The van der Waals surface area contributed by atoms with Crippen molar-refractivity contribution in [2.75, 3.05) is 7.05 Å². The van der Waals surface area contributed by atoms with Crippen molar-refractivity contribution < 1.29 is 4.79 Å². The van der Waals surface area contributed by atoms with Crippen LogP contribution in [0.5, 0.6) is 0 Å². The smallest absolute Gasteiger partial charge is 0.259 e. The van der Waals surface area contributed by atoms with E-state index in [1.54, 1.807) is 36.1 Å². The average molecular weight is 356 g/mol. The van der Waals surface area contributed by atoms with E-state index in [0.29, 0.717) is 17.1 Å². The number of carbonyl (C=O) groups is 1. The first-order valence-corrected chi connectivity index (χ1v) is 8.20. The lowest BCUT2D eigenvalue weighted by Gasteiger charge is -2.18. The maximum atomic E-state index is 12.8.